The van der Waals surface area contributed by atoms with E-state index >= 15 is 0 Å². The SMILES string of the molecule is Cc1c(-c2cccc(Cl)c2)nc2ccccc2c1C(=O)OCc1ccccc1. The molecule has 1 heterocycles. The van der Waals surface area contributed by atoms with E-state index < -0.39 is 0 Å². The number of halogens is 1. The van der Waals surface area contributed by atoms with Crippen molar-refractivity contribution in [3.8, 4) is 11.3 Å². The number of ether oxygens (including phenoxy) is 1. The second kappa shape index (κ2) is 7.83. The fourth-order valence-corrected chi connectivity index (χ4v) is 3.47. The molecule has 0 amide bonds. The molecule has 3 nitrogen and oxygen atoms in total. The summed E-state index contributed by atoms with van der Waals surface area (Å²) >= 11 is 6.17. The van der Waals surface area contributed by atoms with Crippen LogP contribution in [0.5, 0.6) is 0 Å². The molecular formula is C24H18ClNO2. The molecule has 0 fully saturated rings. The first-order valence-electron chi connectivity index (χ1n) is 9.00. The normalized spacial score (nSPS) is 10.8. The van der Waals surface area contributed by atoms with Gasteiger partial charge in [-0.2, -0.15) is 0 Å². The zero-order chi connectivity index (χ0) is 19.5. The van der Waals surface area contributed by atoms with Crippen LogP contribution in [0.2, 0.25) is 5.02 Å². The van der Waals surface area contributed by atoms with E-state index in [0.29, 0.717) is 10.6 Å². The largest absolute Gasteiger partial charge is 0.457 e. The molecule has 3 aromatic carbocycles. The predicted octanol–water partition coefficient (Wildman–Crippen LogP) is 6.22. The molecular weight excluding hydrogens is 370 g/mol. The monoisotopic (exact) mass is 387 g/mol. The summed E-state index contributed by atoms with van der Waals surface area (Å²) in [6, 6.07) is 24.7. The highest BCUT2D eigenvalue weighted by Crippen LogP contribution is 2.31. The number of hydrogen-bond donors (Lipinski definition) is 0. The van der Waals surface area contributed by atoms with Crippen LogP contribution < -0.4 is 0 Å². The van der Waals surface area contributed by atoms with E-state index in [1.54, 1.807) is 0 Å². The van der Waals surface area contributed by atoms with E-state index in [1.165, 1.54) is 0 Å². The van der Waals surface area contributed by atoms with Crippen molar-refractivity contribution in [2.24, 2.45) is 0 Å². The minimum absolute atomic E-state index is 0.224. The number of carbonyl (C=O) groups excluding carboxylic acids is 1. The molecule has 0 radical (unpaired) electrons. The number of fused-ring (bicyclic) bond motifs is 1. The number of esters is 1. The fourth-order valence-electron chi connectivity index (χ4n) is 3.28. The molecule has 4 aromatic rings. The number of benzene rings is 3. The molecule has 4 rings (SSSR count). The predicted molar refractivity (Wildman–Crippen MR) is 112 cm³/mol. The first kappa shape index (κ1) is 18.2. The molecule has 28 heavy (non-hydrogen) atoms. The smallest absolute Gasteiger partial charge is 0.339 e. The van der Waals surface area contributed by atoms with Crippen LogP contribution in [-0.2, 0) is 11.3 Å². The van der Waals surface area contributed by atoms with Crippen LogP contribution in [0, 0.1) is 6.92 Å². The summed E-state index contributed by atoms with van der Waals surface area (Å²) in [5, 5.41) is 1.41. The van der Waals surface area contributed by atoms with Gasteiger partial charge in [0, 0.05) is 16.0 Å². The number of carbonyl (C=O) groups is 1. The van der Waals surface area contributed by atoms with E-state index in [4.69, 9.17) is 21.3 Å². The molecule has 0 aliphatic heterocycles. The van der Waals surface area contributed by atoms with Crippen molar-refractivity contribution >= 4 is 28.5 Å². The molecule has 4 heteroatoms. The van der Waals surface area contributed by atoms with Crippen LogP contribution >= 0.6 is 11.6 Å². The summed E-state index contributed by atoms with van der Waals surface area (Å²) in [6.45, 7) is 2.12. The Bertz CT molecular complexity index is 1160. The van der Waals surface area contributed by atoms with E-state index in [1.807, 2.05) is 85.8 Å². The lowest BCUT2D eigenvalue weighted by atomic mass is 9.98. The number of rotatable bonds is 4. The Kier molecular flexibility index (Phi) is 5.09. The Morgan fingerprint density at radius 2 is 1.71 bits per heavy atom. The Hall–Kier alpha value is -3.17. The van der Waals surface area contributed by atoms with Gasteiger partial charge >= 0.3 is 5.97 Å². The van der Waals surface area contributed by atoms with Crippen molar-refractivity contribution in [3.63, 3.8) is 0 Å². The maximum atomic E-state index is 13.0. The van der Waals surface area contributed by atoms with E-state index in [-0.39, 0.29) is 12.6 Å². The Morgan fingerprint density at radius 1 is 0.964 bits per heavy atom. The molecule has 0 saturated heterocycles. The van der Waals surface area contributed by atoms with Crippen molar-refractivity contribution in [2.75, 3.05) is 0 Å². The zero-order valence-corrected chi connectivity index (χ0v) is 16.1. The van der Waals surface area contributed by atoms with Crippen LogP contribution in [0.25, 0.3) is 22.2 Å². The van der Waals surface area contributed by atoms with Crippen molar-refractivity contribution in [1.29, 1.82) is 0 Å². The van der Waals surface area contributed by atoms with Gasteiger partial charge in [-0.05, 0) is 36.2 Å². The van der Waals surface area contributed by atoms with Crippen LogP contribution in [0.4, 0.5) is 0 Å². The Balaban J connectivity index is 1.80. The van der Waals surface area contributed by atoms with Gasteiger partial charge in [0.2, 0.25) is 0 Å². The van der Waals surface area contributed by atoms with E-state index in [0.717, 1.165) is 33.3 Å². The van der Waals surface area contributed by atoms with Gasteiger partial charge in [-0.1, -0.05) is 72.3 Å². The summed E-state index contributed by atoms with van der Waals surface area (Å²) in [6.07, 6.45) is 0. The van der Waals surface area contributed by atoms with E-state index in [2.05, 4.69) is 0 Å². The van der Waals surface area contributed by atoms with Crippen LogP contribution in [-0.4, -0.2) is 11.0 Å². The highest BCUT2D eigenvalue weighted by Gasteiger charge is 2.20. The lowest BCUT2D eigenvalue weighted by Crippen LogP contribution is -2.10. The van der Waals surface area contributed by atoms with Crippen molar-refractivity contribution < 1.29 is 9.53 Å². The topological polar surface area (TPSA) is 39.2 Å². The maximum Gasteiger partial charge on any atom is 0.339 e. The molecule has 0 aliphatic rings. The summed E-state index contributed by atoms with van der Waals surface area (Å²) < 4.78 is 5.62. The fraction of sp³-hybridized carbons (Fsp3) is 0.0833. The lowest BCUT2D eigenvalue weighted by Gasteiger charge is -2.14. The van der Waals surface area contributed by atoms with Gasteiger partial charge in [0.1, 0.15) is 6.61 Å². The van der Waals surface area contributed by atoms with Gasteiger partial charge in [-0.15, -0.1) is 0 Å². The quantitative estimate of drug-likeness (QED) is 0.390. The summed E-state index contributed by atoms with van der Waals surface area (Å²) in [5.74, 6) is -0.358. The lowest BCUT2D eigenvalue weighted by molar-refractivity contribution is 0.0474. The van der Waals surface area contributed by atoms with Gasteiger partial charge in [0.05, 0.1) is 16.8 Å². The average molecular weight is 388 g/mol. The number of para-hydroxylation sites is 1. The Morgan fingerprint density at radius 3 is 2.50 bits per heavy atom. The minimum Gasteiger partial charge on any atom is -0.457 e. The van der Waals surface area contributed by atoms with Gasteiger partial charge in [0.25, 0.3) is 0 Å². The molecule has 0 N–H and O–H groups in total. The molecule has 0 bridgehead atoms. The van der Waals surface area contributed by atoms with Crippen molar-refractivity contribution in [1.82, 2.24) is 4.98 Å². The first-order chi connectivity index (χ1) is 13.6. The number of pyridine rings is 1. The van der Waals surface area contributed by atoms with Crippen LogP contribution in [0.1, 0.15) is 21.5 Å². The van der Waals surface area contributed by atoms with Crippen LogP contribution in [0.3, 0.4) is 0 Å². The second-order valence-corrected chi connectivity index (χ2v) is 6.99. The number of nitrogens with zero attached hydrogens (tertiary/aromatic N) is 1. The van der Waals surface area contributed by atoms with Gasteiger partial charge in [-0.25, -0.2) is 9.78 Å². The second-order valence-electron chi connectivity index (χ2n) is 6.55. The first-order valence-corrected chi connectivity index (χ1v) is 9.37. The molecule has 0 saturated carbocycles. The molecule has 0 aliphatic carbocycles. The highest BCUT2D eigenvalue weighted by atomic mass is 35.5. The van der Waals surface area contributed by atoms with Gasteiger partial charge in [0.15, 0.2) is 0 Å². The molecule has 138 valence electrons. The average Bonchev–Trinajstić information content (AvgIpc) is 2.72. The van der Waals surface area contributed by atoms with Crippen LogP contribution in [0.15, 0.2) is 78.9 Å². The summed E-state index contributed by atoms with van der Waals surface area (Å²) in [7, 11) is 0. The molecule has 0 unspecified atom stereocenters. The summed E-state index contributed by atoms with van der Waals surface area (Å²) in [5.41, 5.74) is 4.60. The maximum absolute atomic E-state index is 13.0. The van der Waals surface area contributed by atoms with E-state index in [9.17, 15) is 4.79 Å². The standard InChI is InChI=1S/C24H18ClNO2/c1-16-22(24(27)28-15-17-8-3-2-4-9-17)20-12-5-6-13-21(20)26-23(16)18-10-7-11-19(25)14-18/h2-14H,15H2,1H3. The Labute approximate surface area is 168 Å². The number of hydrogen-bond acceptors (Lipinski definition) is 3. The third kappa shape index (κ3) is 3.62. The van der Waals surface area contributed by atoms with Crippen molar-refractivity contribution in [2.45, 2.75) is 13.5 Å². The molecule has 0 spiro atoms. The van der Waals surface area contributed by atoms with Gasteiger partial charge in [-0.3, -0.25) is 0 Å². The third-order valence-electron chi connectivity index (χ3n) is 4.65. The molecule has 1 aromatic heterocycles. The van der Waals surface area contributed by atoms with Crippen molar-refractivity contribution in [3.05, 3.63) is 101 Å². The molecule has 0 atom stereocenters. The summed E-state index contributed by atoms with van der Waals surface area (Å²) in [4.78, 5) is 17.8. The zero-order valence-electron chi connectivity index (χ0n) is 15.4. The highest BCUT2D eigenvalue weighted by molar-refractivity contribution is 6.30. The number of aromatic nitrogens is 1. The van der Waals surface area contributed by atoms with Gasteiger partial charge < -0.3 is 4.74 Å². The minimum atomic E-state index is -0.358. The third-order valence-corrected chi connectivity index (χ3v) is 4.89.